The maximum absolute atomic E-state index is 13.4. The normalized spacial score (nSPS) is 14.8. The van der Waals surface area contributed by atoms with Gasteiger partial charge >= 0.3 is 5.97 Å². The lowest BCUT2D eigenvalue weighted by Gasteiger charge is -2.28. The van der Waals surface area contributed by atoms with E-state index in [4.69, 9.17) is 5.73 Å². The number of rotatable bonds is 15. The molecule has 7 N–H and O–H groups in total. The molecule has 5 atom stereocenters. The van der Waals surface area contributed by atoms with E-state index in [1.807, 2.05) is 51.1 Å². The standard InChI is InChI=1S/C30H42N4O6/c1-5-19(4)26(29(38)33-25(30(39)40)17-21-11-13-22(35)14-12-21)34-28(37)24(15-18(2)3)32-27(36)23(31)16-20-9-7-6-8-10-20/h6-14,18-19,23-26,35H,5,15-17,31H2,1-4H3,(H,32,36)(H,33,38)(H,34,37)(H,39,40). The van der Waals surface area contributed by atoms with Crippen molar-refractivity contribution in [2.45, 2.75) is 77.5 Å². The number of carboxylic acid groups (broad SMARTS) is 1. The van der Waals surface area contributed by atoms with Crippen molar-refractivity contribution in [2.75, 3.05) is 0 Å². The second kappa shape index (κ2) is 15.6. The number of carbonyl (C=O) groups is 4. The summed E-state index contributed by atoms with van der Waals surface area (Å²) in [4.78, 5) is 51.5. The monoisotopic (exact) mass is 554 g/mol. The number of amides is 3. The molecule has 0 fully saturated rings. The van der Waals surface area contributed by atoms with Gasteiger partial charge in [-0.15, -0.1) is 0 Å². The summed E-state index contributed by atoms with van der Waals surface area (Å²) in [6.07, 6.45) is 1.16. The highest BCUT2D eigenvalue weighted by Crippen LogP contribution is 2.14. The number of aromatic hydroxyl groups is 1. The summed E-state index contributed by atoms with van der Waals surface area (Å²) in [6, 6.07) is 11.3. The Kier molecular flexibility index (Phi) is 12.6. The number of phenolic OH excluding ortho intramolecular Hbond substituents is 1. The molecular weight excluding hydrogens is 512 g/mol. The lowest BCUT2D eigenvalue weighted by Crippen LogP contribution is -2.59. The van der Waals surface area contributed by atoms with Gasteiger partial charge < -0.3 is 31.9 Å². The van der Waals surface area contributed by atoms with Crippen LogP contribution in [0.1, 0.15) is 51.7 Å². The number of carboxylic acids is 1. The first-order valence-electron chi connectivity index (χ1n) is 13.6. The van der Waals surface area contributed by atoms with Gasteiger partial charge in [0.05, 0.1) is 6.04 Å². The fourth-order valence-electron chi connectivity index (χ4n) is 4.23. The number of benzene rings is 2. The zero-order chi connectivity index (χ0) is 29.8. The number of carbonyl (C=O) groups excluding carboxylic acids is 3. The van der Waals surface area contributed by atoms with E-state index >= 15 is 0 Å². The van der Waals surface area contributed by atoms with Gasteiger partial charge in [-0.05, 0) is 47.9 Å². The minimum atomic E-state index is -1.25. The van der Waals surface area contributed by atoms with Crippen LogP contribution in [0, 0.1) is 11.8 Å². The maximum Gasteiger partial charge on any atom is 0.326 e. The molecule has 0 aromatic heterocycles. The summed E-state index contributed by atoms with van der Waals surface area (Å²) in [6.45, 7) is 7.47. The summed E-state index contributed by atoms with van der Waals surface area (Å²) in [5, 5.41) is 27.2. The molecule has 218 valence electrons. The molecule has 10 nitrogen and oxygen atoms in total. The zero-order valence-corrected chi connectivity index (χ0v) is 23.6. The van der Waals surface area contributed by atoms with Gasteiger partial charge in [-0.1, -0.05) is 76.6 Å². The van der Waals surface area contributed by atoms with Crippen molar-refractivity contribution in [1.82, 2.24) is 16.0 Å². The number of aliphatic carboxylic acids is 1. The van der Waals surface area contributed by atoms with Crippen molar-refractivity contribution in [2.24, 2.45) is 17.6 Å². The van der Waals surface area contributed by atoms with E-state index in [1.165, 1.54) is 12.1 Å². The van der Waals surface area contributed by atoms with Crippen molar-refractivity contribution >= 4 is 23.7 Å². The number of hydrogen-bond donors (Lipinski definition) is 6. The van der Waals surface area contributed by atoms with Gasteiger partial charge in [0.15, 0.2) is 0 Å². The Morgan fingerprint density at radius 1 is 0.775 bits per heavy atom. The minimum absolute atomic E-state index is 0.00609. The van der Waals surface area contributed by atoms with E-state index in [1.54, 1.807) is 19.1 Å². The molecule has 0 saturated carbocycles. The Morgan fingerprint density at radius 2 is 1.35 bits per heavy atom. The molecule has 0 aliphatic heterocycles. The van der Waals surface area contributed by atoms with Crippen LogP contribution in [0.25, 0.3) is 0 Å². The molecule has 2 rings (SSSR count). The molecular formula is C30H42N4O6. The van der Waals surface area contributed by atoms with E-state index < -0.39 is 47.9 Å². The highest BCUT2D eigenvalue weighted by atomic mass is 16.4. The third-order valence-corrected chi connectivity index (χ3v) is 6.76. The van der Waals surface area contributed by atoms with Gasteiger partial charge in [0.25, 0.3) is 0 Å². The molecule has 0 aliphatic carbocycles. The average molecular weight is 555 g/mol. The predicted molar refractivity (Wildman–Crippen MR) is 152 cm³/mol. The molecule has 5 unspecified atom stereocenters. The van der Waals surface area contributed by atoms with Crippen LogP contribution in [-0.2, 0) is 32.0 Å². The first-order valence-corrected chi connectivity index (χ1v) is 13.6. The topological polar surface area (TPSA) is 171 Å². The van der Waals surface area contributed by atoms with E-state index in [-0.39, 0.29) is 24.0 Å². The van der Waals surface area contributed by atoms with E-state index in [0.29, 0.717) is 24.8 Å². The third kappa shape index (κ3) is 10.3. The van der Waals surface area contributed by atoms with Gasteiger partial charge in [-0.2, -0.15) is 0 Å². The molecule has 0 bridgehead atoms. The van der Waals surface area contributed by atoms with E-state index in [9.17, 15) is 29.4 Å². The van der Waals surface area contributed by atoms with Crippen LogP contribution in [-0.4, -0.2) is 58.1 Å². The smallest absolute Gasteiger partial charge is 0.326 e. The molecule has 0 saturated heterocycles. The predicted octanol–water partition coefficient (Wildman–Crippen LogP) is 2.14. The first-order chi connectivity index (χ1) is 18.9. The first kappa shape index (κ1) is 32.3. The lowest BCUT2D eigenvalue weighted by atomic mass is 9.96. The Labute approximate surface area is 235 Å². The van der Waals surface area contributed by atoms with Crippen LogP contribution in [0.15, 0.2) is 54.6 Å². The van der Waals surface area contributed by atoms with Crippen molar-refractivity contribution < 1.29 is 29.4 Å². The number of phenols is 1. The third-order valence-electron chi connectivity index (χ3n) is 6.76. The van der Waals surface area contributed by atoms with Gasteiger partial charge in [0, 0.05) is 6.42 Å². The average Bonchev–Trinajstić information content (AvgIpc) is 2.91. The molecule has 0 heterocycles. The molecule has 10 heteroatoms. The molecule has 0 aliphatic rings. The van der Waals surface area contributed by atoms with Crippen LogP contribution >= 0.6 is 0 Å². The zero-order valence-electron chi connectivity index (χ0n) is 23.6. The Balaban J connectivity index is 2.14. The molecule has 3 amide bonds. The Hall–Kier alpha value is -3.92. The van der Waals surface area contributed by atoms with Gasteiger partial charge in [0.1, 0.15) is 23.9 Å². The van der Waals surface area contributed by atoms with Crippen molar-refractivity contribution in [1.29, 1.82) is 0 Å². The highest BCUT2D eigenvalue weighted by molar-refractivity contribution is 5.94. The van der Waals surface area contributed by atoms with Crippen LogP contribution < -0.4 is 21.7 Å². The van der Waals surface area contributed by atoms with Crippen molar-refractivity contribution in [3.05, 3.63) is 65.7 Å². The van der Waals surface area contributed by atoms with Gasteiger partial charge in [-0.3, -0.25) is 14.4 Å². The van der Waals surface area contributed by atoms with Crippen molar-refractivity contribution in [3.8, 4) is 5.75 Å². The highest BCUT2D eigenvalue weighted by Gasteiger charge is 2.33. The minimum Gasteiger partial charge on any atom is -0.508 e. The SMILES string of the molecule is CCC(C)C(NC(=O)C(CC(C)C)NC(=O)C(N)Cc1ccccc1)C(=O)NC(Cc1ccc(O)cc1)C(=O)O. The largest absolute Gasteiger partial charge is 0.508 e. The number of hydrogen-bond acceptors (Lipinski definition) is 6. The second-order valence-electron chi connectivity index (χ2n) is 10.6. The second-order valence-corrected chi connectivity index (χ2v) is 10.6. The summed E-state index contributed by atoms with van der Waals surface area (Å²) >= 11 is 0. The van der Waals surface area contributed by atoms with Crippen LogP contribution in [0.4, 0.5) is 0 Å². The summed E-state index contributed by atoms with van der Waals surface area (Å²) in [5.74, 6) is -3.10. The van der Waals surface area contributed by atoms with E-state index in [2.05, 4.69) is 16.0 Å². The lowest BCUT2D eigenvalue weighted by molar-refractivity contribution is -0.142. The van der Waals surface area contributed by atoms with E-state index in [0.717, 1.165) is 5.56 Å². The van der Waals surface area contributed by atoms with Gasteiger partial charge in [0.2, 0.25) is 17.7 Å². The number of nitrogens with one attached hydrogen (secondary N) is 3. The maximum atomic E-state index is 13.4. The van der Waals surface area contributed by atoms with Crippen LogP contribution in [0.2, 0.25) is 0 Å². The fourth-order valence-corrected chi connectivity index (χ4v) is 4.23. The van der Waals surface area contributed by atoms with Crippen LogP contribution in [0.3, 0.4) is 0 Å². The van der Waals surface area contributed by atoms with Gasteiger partial charge in [-0.25, -0.2) is 4.79 Å². The van der Waals surface area contributed by atoms with Crippen LogP contribution in [0.5, 0.6) is 5.75 Å². The summed E-state index contributed by atoms with van der Waals surface area (Å²) < 4.78 is 0. The Bertz CT molecular complexity index is 1120. The molecule has 2 aromatic carbocycles. The molecule has 40 heavy (non-hydrogen) atoms. The Morgan fingerprint density at radius 3 is 1.90 bits per heavy atom. The summed E-state index contributed by atoms with van der Waals surface area (Å²) in [7, 11) is 0. The number of nitrogens with two attached hydrogens (primary N) is 1. The quantitative estimate of drug-likeness (QED) is 0.196. The van der Waals surface area contributed by atoms with Crippen molar-refractivity contribution in [3.63, 3.8) is 0 Å². The summed E-state index contributed by atoms with van der Waals surface area (Å²) in [5.41, 5.74) is 7.63. The molecule has 2 aromatic rings. The molecule has 0 radical (unpaired) electrons. The fraction of sp³-hybridized carbons (Fsp3) is 0.467. The molecule has 0 spiro atoms.